The molecule has 0 aliphatic carbocycles. The van der Waals surface area contributed by atoms with Gasteiger partial charge in [-0.25, -0.2) is 4.79 Å². The van der Waals surface area contributed by atoms with Crippen LogP contribution in [0.5, 0.6) is 0 Å². The smallest absolute Gasteiger partial charge is 0.389 e. The summed E-state index contributed by atoms with van der Waals surface area (Å²) in [5, 5.41) is 28.5. The summed E-state index contributed by atoms with van der Waals surface area (Å²) in [5.74, 6) is 0. The predicted molar refractivity (Wildman–Crippen MR) is 68.7 cm³/mol. The van der Waals surface area contributed by atoms with Crippen LogP contribution in [-0.4, -0.2) is 56.0 Å². The van der Waals surface area contributed by atoms with Gasteiger partial charge in [0.25, 0.3) is 5.56 Å². The lowest BCUT2D eigenvalue weighted by atomic mass is 10.1. The first kappa shape index (κ1) is 17.7. The van der Waals surface area contributed by atoms with Gasteiger partial charge < -0.3 is 20.1 Å². The molecule has 4 N–H and O–H groups in total. The van der Waals surface area contributed by atoms with Crippen LogP contribution in [0.3, 0.4) is 0 Å². The molecule has 23 heavy (non-hydrogen) atoms. The molecule has 0 bridgehead atoms. The van der Waals surface area contributed by atoms with Crippen LogP contribution in [-0.2, 0) is 11.2 Å². The summed E-state index contributed by atoms with van der Waals surface area (Å²) in [4.78, 5) is 25.2. The highest BCUT2D eigenvalue weighted by Crippen LogP contribution is 2.28. The first-order chi connectivity index (χ1) is 10.6. The minimum Gasteiger partial charge on any atom is -0.394 e. The van der Waals surface area contributed by atoms with Gasteiger partial charge in [0.15, 0.2) is 6.23 Å². The SMILES string of the molecule is O=c1[nH]c(=O)n([C@@H]2O[C@H](CO)[C@@H](O)[C@H]2O)cc1CCC(F)(F)F. The Morgan fingerprint density at radius 1 is 1.26 bits per heavy atom. The fourth-order valence-electron chi connectivity index (χ4n) is 2.28. The van der Waals surface area contributed by atoms with Gasteiger partial charge in [0, 0.05) is 18.2 Å². The number of aromatic nitrogens is 2. The second-order valence-corrected chi connectivity index (χ2v) is 5.16. The van der Waals surface area contributed by atoms with E-state index in [9.17, 15) is 33.0 Å². The molecule has 1 aromatic heterocycles. The zero-order chi connectivity index (χ0) is 17.4. The zero-order valence-corrected chi connectivity index (χ0v) is 11.7. The number of nitrogens with zero attached hydrogens (tertiary/aromatic N) is 1. The molecule has 2 rings (SSSR count). The van der Waals surface area contributed by atoms with Crippen molar-refractivity contribution in [3.05, 3.63) is 32.6 Å². The standard InChI is InChI=1S/C12H15F3N2O6/c13-12(14,15)2-1-5-3-17(11(22)16-9(5)21)10-8(20)7(19)6(4-18)23-10/h3,6-8,10,18-20H,1-2,4H2,(H,16,21,22)/t6-,7-,8-,10-/m1/s1. The van der Waals surface area contributed by atoms with Gasteiger partial charge in [0.05, 0.1) is 6.61 Å². The summed E-state index contributed by atoms with van der Waals surface area (Å²) >= 11 is 0. The molecule has 0 radical (unpaired) electrons. The molecule has 1 saturated heterocycles. The van der Waals surface area contributed by atoms with Crippen LogP contribution < -0.4 is 11.2 Å². The number of nitrogens with one attached hydrogen (secondary N) is 1. The Kier molecular flexibility index (Phi) is 4.94. The van der Waals surface area contributed by atoms with E-state index in [1.54, 1.807) is 0 Å². The Morgan fingerprint density at radius 3 is 2.43 bits per heavy atom. The molecule has 1 aromatic rings. The number of aliphatic hydroxyl groups is 3. The van der Waals surface area contributed by atoms with Crippen molar-refractivity contribution in [2.24, 2.45) is 0 Å². The summed E-state index contributed by atoms with van der Waals surface area (Å²) < 4.78 is 42.6. The van der Waals surface area contributed by atoms with E-state index in [4.69, 9.17) is 9.84 Å². The maximum Gasteiger partial charge on any atom is 0.389 e. The topological polar surface area (TPSA) is 125 Å². The summed E-state index contributed by atoms with van der Waals surface area (Å²) in [6.07, 6.45) is -11.2. The highest BCUT2D eigenvalue weighted by Gasteiger charge is 2.43. The Labute approximate surface area is 126 Å². The second kappa shape index (κ2) is 6.43. The zero-order valence-electron chi connectivity index (χ0n) is 11.7. The Balaban J connectivity index is 2.33. The minimum absolute atomic E-state index is 0.320. The van der Waals surface area contributed by atoms with Crippen molar-refractivity contribution >= 4 is 0 Å². The van der Waals surface area contributed by atoms with Crippen molar-refractivity contribution in [2.75, 3.05) is 6.61 Å². The normalized spacial score (nSPS) is 28.3. The van der Waals surface area contributed by atoms with E-state index in [-0.39, 0.29) is 5.56 Å². The number of hydrogen-bond acceptors (Lipinski definition) is 6. The van der Waals surface area contributed by atoms with Crippen LogP contribution in [0.15, 0.2) is 15.8 Å². The molecule has 1 aliphatic rings. The highest BCUT2D eigenvalue weighted by molar-refractivity contribution is 5.06. The second-order valence-electron chi connectivity index (χ2n) is 5.16. The molecule has 4 atom stereocenters. The number of hydrogen-bond donors (Lipinski definition) is 4. The Morgan fingerprint density at radius 2 is 1.91 bits per heavy atom. The van der Waals surface area contributed by atoms with Crippen molar-refractivity contribution in [1.82, 2.24) is 9.55 Å². The van der Waals surface area contributed by atoms with E-state index in [2.05, 4.69) is 0 Å². The van der Waals surface area contributed by atoms with Crippen molar-refractivity contribution in [3.63, 3.8) is 0 Å². The fourth-order valence-corrected chi connectivity index (χ4v) is 2.28. The molecule has 0 unspecified atom stereocenters. The molecule has 130 valence electrons. The first-order valence-electron chi connectivity index (χ1n) is 6.67. The lowest BCUT2D eigenvalue weighted by Crippen LogP contribution is -2.39. The van der Waals surface area contributed by atoms with E-state index in [0.29, 0.717) is 4.57 Å². The van der Waals surface area contributed by atoms with Gasteiger partial charge >= 0.3 is 11.9 Å². The van der Waals surface area contributed by atoms with Crippen LogP contribution in [0.25, 0.3) is 0 Å². The van der Waals surface area contributed by atoms with Gasteiger partial charge in [-0.3, -0.25) is 14.3 Å². The van der Waals surface area contributed by atoms with Gasteiger partial charge in [-0.15, -0.1) is 0 Å². The van der Waals surface area contributed by atoms with Gasteiger partial charge in [-0.05, 0) is 6.42 Å². The number of aryl methyl sites for hydroxylation is 1. The number of alkyl halides is 3. The number of aromatic amines is 1. The van der Waals surface area contributed by atoms with E-state index < -0.39 is 61.4 Å². The molecule has 1 fully saturated rings. The lowest BCUT2D eigenvalue weighted by Gasteiger charge is -2.18. The molecule has 11 heteroatoms. The number of ether oxygens (including phenoxy) is 1. The quantitative estimate of drug-likeness (QED) is 0.537. The third-order valence-corrected chi connectivity index (χ3v) is 3.51. The molecular weight excluding hydrogens is 325 g/mol. The third-order valence-electron chi connectivity index (χ3n) is 3.51. The van der Waals surface area contributed by atoms with Gasteiger partial charge in [-0.1, -0.05) is 0 Å². The Hall–Kier alpha value is -1.69. The average Bonchev–Trinajstić information content (AvgIpc) is 2.73. The number of H-pyrrole nitrogens is 1. The predicted octanol–water partition coefficient (Wildman–Crippen LogP) is -1.36. The molecule has 0 spiro atoms. The van der Waals surface area contributed by atoms with E-state index in [1.807, 2.05) is 4.98 Å². The average molecular weight is 340 g/mol. The fraction of sp³-hybridized carbons (Fsp3) is 0.667. The summed E-state index contributed by atoms with van der Waals surface area (Å²) in [6.45, 7) is -0.631. The molecular formula is C12H15F3N2O6. The lowest BCUT2D eigenvalue weighted by molar-refractivity contribution is -0.134. The van der Waals surface area contributed by atoms with Crippen LogP contribution in [0.1, 0.15) is 18.2 Å². The monoisotopic (exact) mass is 340 g/mol. The molecule has 0 saturated carbocycles. The third kappa shape index (κ3) is 3.80. The van der Waals surface area contributed by atoms with Crippen LogP contribution in [0.2, 0.25) is 0 Å². The summed E-state index contributed by atoms with van der Waals surface area (Å²) in [6, 6.07) is 0. The summed E-state index contributed by atoms with van der Waals surface area (Å²) in [7, 11) is 0. The van der Waals surface area contributed by atoms with Crippen molar-refractivity contribution < 1.29 is 33.2 Å². The molecule has 0 aromatic carbocycles. The maximum atomic E-state index is 12.3. The number of halogens is 3. The number of rotatable bonds is 4. The van der Waals surface area contributed by atoms with Crippen molar-refractivity contribution in [2.45, 2.75) is 43.6 Å². The summed E-state index contributed by atoms with van der Waals surface area (Å²) in [5.41, 5.74) is -2.30. The van der Waals surface area contributed by atoms with Gasteiger partial charge in [0.2, 0.25) is 0 Å². The van der Waals surface area contributed by atoms with Crippen LogP contribution in [0, 0.1) is 0 Å². The van der Waals surface area contributed by atoms with E-state index in [0.717, 1.165) is 6.20 Å². The highest BCUT2D eigenvalue weighted by atomic mass is 19.4. The van der Waals surface area contributed by atoms with Crippen molar-refractivity contribution in [3.8, 4) is 0 Å². The molecule has 1 aliphatic heterocycles. The minimum atomic E-state index is -4.48. The van der Waals surface area contributed by atoms with Gasteiger partial charge in [0.1, 0.15) is 18.3 Å². The first-order valence-corrected chi connectivity index (χ1v) is 6.67. The number of aliphatic hydroxyl groups excluding tert-OH is 3. The van der Waals surface area contributed by atoms with E-state index in [1.165, 1.54) is 0 Å². The Bertz CT molecular complexity index is 670. The van der Waals surface area contributed by atoms with Crippen molar-refractivity contribution in [1.29, 1.82) is 0 Å². The molecule has 0 amide bonds. The van der Waals surface area contributed by atoms with E-state index >= 15 is 0 Å². The largest absolute Gasteiger partial charge is 0.394 e. The maximum absolute atomic E-state index is 12.3. The van der Waals surface area contributed by atoms with Crippen LogP contribution >= 0.6 is 0 Å². The van der Waals surface area contributed by atoms with Crippen LogP contribution in [0.4, 0.5) is 13.2 Å². The molecule has 8 nitrogen and oxygen atoms in total. The molecule has 2 heterocycles. The van der Waals surface area contributed by atoms with Gasteiger partial charge in [-0.2, -0.15) is 13.2 Å².